The molecule has 38 heavy (non-hydrogen) atoms. The number of carbonyl (C=O) groups excluding carboxylic acids is 1. The molecular formula is C19H13ClF7N7O3S. The predicted molar refractivity (Wildman–Crippen MR) is 118 cm³/mol. The summed E-state index contributed by atoms with van der Waals surface area (Å²) < 4.78 is 117. The second-order valence-electron chi connectivity index (χ2n) is 7.63. The van der Waals surface area contributed by atoms with Crippen LogP contribution < -0.4 is 10.3 Å². The third-order valence-corrected chi connectivity index (χ3v) is 6.80. The molecule has 4 rings (SSSR count). The molecule has 0 saturated carbocycles. The molecule has 0 atom stereocenters. The van der Waals surface area contributed by atoms with Gasteiger partial charge in [-0.25, -0.2) is 23.7 Å². The average Bonchev–Trinajstić information content (AvgIpc) is 3.21. The van der Waals surface area contributed by atoms with E-state index in [9.17, 15) is 43.9 Å². The molecule has 10 nitrogen and oxygen atoms in total. The van der Waals surface area contributed by atoms with Crippen molar-refractivity contribution in [2.24, 2.45) is 5.10 Å². The molecule has 1 amide bonds. The van der Waals surface area contributed by atoms with E-state index in [1.165, 1.54) is 12.1 Å². The smallest absolute Gasteiger partial charge is 0.347 e. The fourth-order valence-corrected chi connectivity index (χ4v) is 4.28. The molecule has 204 valence electrons. The molecule has 0 unspecified atom stereocenters. The largest absolute Gasteiger partial charge is 0.516 e. The number of halogens is 8. The van der Waals surface area contributed by atoms with Crippen molar-refractivity contribution in [1.82, 2.24) is 24.0 Å². The highest BCUT2D eigenvalue weighted by molar-refractivity contribution is 7.90. The highest BCUT2D eigenvalue weighted by Gasteiger charge is 2.50. The highest BCUT2D eigenvalue weighted by Crippen LogP contribution is 2.32. The molecule has 0 aliphatic carbocycles. The molecule has 1 aliphatic heterocycles. The minimum absolute atomic E-state index is 0.0160. The van der Waals surface area contributed by atoms with Crippen molar-refractivity contribution in [2.45, 2.75) is 18.2 Å². The first kappa shape index (κ1) is 27.4. The Morgan fingerprint density at radius 3 is 2.42 bits per heavy atom. The van der Waals surface area contributed by atoms with Crippen LogP contribution in [0.3, 0.4) is 0 Å². The normalized spacial score (nSPS) is 14.8. The summed E-state index contributed by atoms with van der Waals surface area (Å²) in [5.41, 5.74) is -8.02. The van der Waals surface area contributed by atoms with E-state index >= 15 is 0 Å². The van der Waals surface area contributed by atoms with Crippen molar-refractivity contribution < 1.29 is 43.9 Å². The van der Waals surface area contributed by atoms with Crippen LogP contribution in [0.2, 0.25) is 5.02 Å². The zero-order valence-electron chi connectivity index (χ0n) is 18.4. The highest BCUT2D eigenvalue weighted by atomic mass is 35.5. The average molecular weight is 588 g/mol. The molecule has 4 heterocycles. The lowest BCUT2D eigenvalue weighted by molar-refractivity contribution is -0.141. The summed E-state index contributed by atoms with van der Waals surface area (Å²) in [6, 6.07) is 3.35. The molecule has 0 fully saturated rings. The maximum absolute atomic E-state index is 14.6. The molecule has 0 saturated heterocycles. The zero-order chi connectivity index (χ0) is 28.0. The van der Waals surface area contributed by atoms with E-state index in [-0.39, 0.29) is 20.5 Å². The minimum atomic E-state index is -5.67. The van der Waals surface area contributed by atoms with Crippen LogP contribution in [0.25, 0.3) is 5.65 Å². The number of alkyl halides is 6. The lowest BCUT2D eigenvalue weighted by atomic mass is 10.2. The van der Waals surface area contributed by atoms with Crippen molar-refractivity contribution in [3.05, 3.63) is 58.4 Å². The topological polar surface area (TPSA) is 112 Å². The van der Waals surface area contributed by atoms with Gasteiger partial charge in [0.15, 0.2) is 17.3 Å². The summed E-state index contributed by atoms with van der Waals surface area (Å²) in [7, 11) is -5.67. The van der Waals surface area contributed by atoms with Crippen LogP contribution in [-0.4, -0.2) is 57.9 Å². The van der Waals surface area contributed by atoms with Crippen molar-refractivity contribution in [2.75, 3.05) is 18.1 Å². The number of anilines is 1. The number of amides is 1. The number of rotatable bonds is 5. The minimum Gasteiger partial charge on any atom is -0.347 e. The van der Waals surface area contributed by atoms with Gasteiger partial charge in [-0.05, 0) is 23.8 Å². The van der Waals surface area contributed by atoms with Crippen LogP contribution in [0.1, 0.15) is 21.7 Å². The fraction of sp³-hybridized carbons (Fsp3) is 0.263. The van der Waals surface area contributed by atoms with E-state index < -0.39 is 70.3 Å². The van der Waals surface area contributed by atoms with Crippen LogP contribution >= 0.6 is 11.6 Å². The Labute approximate surface area is 213 Å². The van der Waals surface area contributed by atoms with Gasteiger partial charge in [-0.15, -0.1) is 0 Å². The number of imidazole rings is 1. The Kier molecular flexibility index (Phi) is 6.89. The summed E-state index contributed by atoms with van der Waals surface area (Å²) in [6.07, 6.45) is -2.49. The fourth-order valence-electron chi connectivity index (χ4n) is 3.36. The molecule has 19 heteroatoms. The van der Waals surface area contributed by atoms with Crippen molar-refractivity contribution in [1.29, 1.82) is 0 Å². The number of carbonyl (C=O) groups is 1. The van der Waals surface area contributed by atoms with Crippen molar-refractivity contribution in [3.8, 4) is 0 Å². The SMILES string of the molecule is O=C(NCc1cnc(N2CCN(S(=O)(=O)C(F)(F)F)C=N2)c(F)c1)c1c(C(F)(F)F)nc2ccc(Cl)cn12. The number of nitrogens with zero attached hydrogens (tertiary/aromatic N) is 6. The number of aromatic nitrogens is 3. The van der Waals surface area contributed by atoms with Crippen LogP contribution in [0.4, 0.5) is 36.6 Å². The van der Waals surface area contributed by atoms with Crippen LogP contribution in [0.5, 0.6) is 0 Å². The maximum Gasteiger partial charge on any atom is 0.516 e. The van der Waals surface area contributed by atoms with Gasteiger partial charge in [-0.3, -0.25) is 9.20 Å². The number of hydrogen-bond donors (Lipinski definition) is 1. The molecule has 0 spiro atoms. The Bertz CT molecular complexity index is 1540. The number of nitrogens with one attached hydrogen (secondary N) is 1. The molecular weight excluding hydrogens is 575 g/mol. The molecule has 0 aromatic carbocycles. The van der Waals surface area contributed by atoms with Gasteiger partial charge in [0, 0.05) is 18.9 Å². The van der Waals surface area contributed by atoms with Gasteiger partial charge in [0.25, 0.3) is 5.91 Å². The van der Waals surface area contributed by atoms with E-state index in [1.807, 2.05) is 0 Å². The Morgan fingerprint density at radius 2 is 1.84 bits per heavy atom. The van der Waals surface area contributed by atoms with E-state index in [4.69, 9.17) is 11.6 Å². The van der Waals surface area contributed by atoms with Crippen LogP contribution in [0.15, 0.2) is 35.7 Å². The number of hydrogen-bond acceptors (Lipinski definition) is 7. The van der Waals surface area contributed by atoms with Gasteiger partial charge in [0.05, 0.1) is 18.1 Å². The quantitative estimate of drug-likeness (QED) is 0.458. The lowest BCUT2D eigenvalue weighted by Crippen LogP contribution is -2.46. The van der Waals surface area contributed by atoms with Gasteiger partial charge >= 0.3 is 21.7 Å². The van der Waals surface area contributed by atoms with Gasteiger partial charge in [0.1, 0.15) is 17.7 Å². The van der Waals surface area contributed by atoms with Crippen LogP contribution in [0, 0.1) is 5.82 Å². The Morgan fingerprint density at radius 1 is 1.13 bits per heavy atom. The van der Waals surface area contributed by atoms with E-state index in [1.54, 1.807) is 0 Å². The van der Waals surface area contributed by atoms with E-state index in [0.29, 0.717) is 6.34 Å². The van der Waals surface area contributed by atoms with Crippen molar-refractivity contribution in [3.63, 3.8) is 0 Å². The summed E-state index contributed by atoms with van der Waals surface area (Å²) >= 11 is 5.83. The summed E-state index contributed by atoms with van der Waals surface area (Å²) in [6.45, 7) is -1.63. The number of hydrazone groups is 1. The summed E-state index contributed by atoms with van der Waals surface area (Å²) in [5.74, 6) is -2.70. The third-order valence-electron chi connectivity index (χ3n) is 5.10. The Hall–Kier alpha value is -3.67. The van der Waals surface area contributed by atoms with Crippen molar-refractivity contribution >= 4 is 45.3 Å². The molecule has 3 aromatic rings. The lowest BCUT2D eigenvalue weighted by Gasteiger charge is -2.29. The molecule has 3 aromatic heterocycles. The third kappa shape index (κ3) is 5.17. The first-order chi connectivity index (χ1) is 17.6. The first-order valence-corrected chi connectivity index (χ1v) is 12.0. The van der Waals surface area contributed by atoms with E-state index in [2.05, 4.69) is 20.4 Å². The molecule has 0 radical (unpaired) electrons. The van der Waals surface area contributed by atoms with E-state index in [0.717, 1.165) is 27.9 Å². The Balaban J connectivity index is 1.50. The number of fused-ring (bicyclic) bond motifs is 1. The zero-order valence-corrected chi connectivity index (χ0v) is 20.0. The standard InChI is InChI=1S/C19H13ClF7N7O3S/c20-11-1-2-13-31-15(18(22,23)24)14(33(13)8-11)17(35)29-7-10-5-12(21)16(28-6-10)34-4-3-32(9-30-34)38(36,37)19(25,26)27/h1-2,5-6,8-9H,3-4,7H2,(H,29,35). The van der Waals surface area contributed by atoms with Gasteiger partial charge in [0.2, 0.25) is 0 Å². The maximum atomic E-state index is 14.6. The second-order valence-corrected chi connectivity index (χ2v) is 9.95. The monoisotopic (exact) mass is 587 g/mol. The first-order valence-electron chi connectivity index (χ1n) is 10.2. The predicted octanol–water partition coefficient (Wildman–Crippen LogP) is 3.39. The summed E-state index contributed by atoms with van der Waals surface area (Å²) in [5, 5.41) is 6.56. The molecule has 0 bridgehead atoms. The van der Waals surface area contributed by atoms with Gasteiger partial charge in [-0.2, -0.15) is 39.9 Å². The summed E-state index contributed by atoms with van der Waals surface area (Å²) in [4.78, 5) is 19.9. The number of sulfonamides is 1. The second kappa shape index (κ2) is 9.57. The van der Waals surface area contributed by atoms with Crippen LogP contribution in [-0.2, 0) is 22.7 Å². The van der Waals surface area contributed by atoms with Gasteiger partial charge < -0.3 is 5.32 Å². The molecule has 1 aliphatic rings. The molecule has 1 N–H and O–H groups in total. The number of pyridine rings is 2. The van der Waals surface area contributed by atoms with Gasteiger partial charge in [-0.1, -0.05) is 11.6 Å².